The third kappa shape index (κ3) is 3.30. The largest absolute Gasteiger partial charge is 0.375 e. The molecule has 1 N–H and O–H groups in total. The van der Waals surface area contributed by atoms with Gasteiger partial charge in [0.1, 0.15) is 0 Å². The van der Waals surface area contributed by atoms with Crippen LogP contribution in [0.15, 0.2) is 5.38 Å². The number of thiophene rings is 1. The quantitative estimate of drug-likeness (QED) is 0.860. The zero-order valence-electron chi connectivity index (χ0n) is 12.8. The lowest BCUT2D eigenvalue weighted by molar-refractivity contribution is -0.107. The number of hydrogen-bond donors (Lipinski definition) is 1. The predicted molar refractivity (Wildman–Crippen MR) is 93.8 cm³/mol. The average molecular weight is 346 g/mol. The molecule has 0 radical (unpaired) electrons. The summed E-state index contributed by atoms with van der Waals surface area (Å²) < 4.78 is 6.23. The topological polar surface area (TPSA) is 21.3 Å². The molecule has 2 aliphatic heterocycles. The average Bonchev–Trinajstić information content (AvgIpc) is 2.82. The van der Waals surface area contributed by atoms with E-state index in [1.165, 1.54) is 41.2 Å². The molecule has 3 rings (SSSR count). The molecule has 2 nitrogen and oxygen atoms in total. The molecule has 2 atom stereocenters. The van der Waals surface area contributed by atoms with E-state index >= 15 is 0 Å². The van der Waals surface area contributed by atoms with Crippen LogP contribution in [-0.4, -0.2) is 30.8 Å². The van der Waals surface area contributed by atoms with Crippen molar-refractivity contribution in [3.63, 3.8) is 0 Å². The van der Waals surface area contributed by atoms with E-state index in [-0.39, 0.29) is 5.60 Å². The number of rotatable bonds is 3. The monoisotopic (exact) mass is 345 g/mol. The SMILES string of the molecule is CNC(c1scc(C)c1Cl)C1CCOC2(CCSCC2)C1. The summed E-state index contributed by atoms with van der Waals surface area (Å²) >= 11 is 10.4. The van der Waals surface area contributed by atoms with Crippen LogP contribution in [0.2, 0.25) is 5.02 Å². The maximum absolute atomic E-state index is 6.51. The molecule has 0 aromatic carbocycles. The molecule has 2 saturated heterocycles. The zero-order valence-corrected chi connectivity index (χ0v) is 15.2. The van der Waals surface area contributed by atoms with Crippen LogP contribution < -0.4 is 5.32 Å². The van der Waals surface area contributed by atoms with Crippen molar-refractivity contribution in [2.24, 2.45) is 5.92 Å². The van der Waals surface area contributed by atoms with E-state index < -0.39 is 0 Å². The Morgan fingerprint density at radius 3 is 2.81 bits per heavy atom. The highest BCUT2D eigenvalue weighted by molar-refractivity contribution is 7.99. The number of ether oxygens (including phenoxy) is 1. The molecule has 3 heterocycles. The van der Waals surface area contributed by atoms with Crippen molar-refractivity contribution in [3.05, 3.63) is 20.8 Å². The normalized spacial score (nSPS) is 26.9. The van der Waals surface area contributed by atoms with Gasteiger partial charge in [0.05, 0.1) is 10.6 Å². The van der Waals surface area contributed by atoms with E-state index in [9.17, 15) is 0 Å². The molecule has 2 unspecified atom stereocenters. The summed E-state index contributed by atoms with van der Waals surface area (Å²) in [6.07, 6.45) is 4.73. The summed E-state index contributed by atoms with van der Waals surface area (Å²) in [5.41, 5.74) is 1.34. The Morgan fingerprint density at radius 2 is 2.19 bits per heavy atom. The third-order valence-electron chi connectivity index (χ3n) is 4.93. The van der Waals surface area contributed by atoms with Crippen LogP contribution in [-0.2, 0) is 4.74 Å². The van der Waals surface area contributed by atoms with Crippen molar-refractivity contribution < 1.29 is 4.74 Å². The predicted octanol–water partition coefficient (Wildman–Crippen LogP) is 4.66. The van der Waals surface area contributed by atoms with Gasteiger partial charge in [-0.25, -0.2) is 0 Å². The van der Waals surface area contributed by atoms with E-state index in [2.05, 4.69) is 36.4 Å². The van der Waals surface area contributed by atoms with Crippen LogP contribution in [0.1, 0.15) is 42.2 Å². The molecule has 0 saturated carbocycles. The molecule has 0 amide bonds. The van der Waals surface area contributed by atoms with Gasteiger partial charge in [-0.3, -0.25) is 0 Å². The van der Waals surface area contributed by atoms with Gasteiger partial charge in [-0.2, -0.15) is 11.8 Å². The second-order valence-electron chi connectivity index (χ2n) is 6.26. The Morgan fingerprint density at radius 1 is 1.43 bits per heavy atom. The van der Waals surface area contributed by atoms with E-state index in [0.29, 0.717) is 12.0 Å². The third-order valence-corrected chi connectivity index (χ3v) is 7.71. The van der Waals surface area contributed by atoms with Gasteiger partial charge in [0.2, 0.25) is 0 Å². The molecule has 0 aliphatic carbocycles. The fourth-order valence-electron chi connectivity index (χ4n) is 3.68. The Balaban J connectivity index is 1.79. The lowest BCUT2D eigenvalue weighted by Crippen LogP contribution is -2.45. The van der Waals surface area contributed by atoms with Gasteiger partial charge in [0.15, 0.2) is 0 Å². The summed E-state index contributed by atoms with van der Waals surface area (Å²) in [4.78, 5) is 1.31. The molecule has 1 aromatic heterocycles. The molecular formula is C16H24ClNOS2. The molecule has 0 bridgehead atoms. The number of nitrogens with one attached hydrogen (secondary N) is 1. The number of hydrogen-bond acceptors (Lipinski definition) is 4. The lowest BCUT2D eigenvalue weighted by atomic mass is 9.78. The highest BCUT2D eigenvalue weighted by atomic mass is 35.5. The van der Waals surface area contributed by atoms with Crippen LogP contribution in [0, 0.1) is 12.8 Å². The van der Waals surface area contributed by atoms with Crippen LogP contribution in [0.5, 0.6) is 0 Å². The van der Waals surface area contributed by atoms with E-state index in [0.717, 1.165) is 18.1 Å². The van der Waals surface area contributed by atoms with Crippen LogP contribution >= 0.6 is 34.7 Å². The van der Waals surface area contributed by atoms with Crippen molar-refractivity contribution in [1.82, 2.24) is 5.32 Å². The summed E-state index contributed by atoms with van der Waals surface area (Å²) in [5, 5.41) is 6.66. The molecule has 1 aromatic rings. The van der Waals surface area contributed by atoms with E-state index in [1.807, 2.05) is 0 Å². The van der Waals surface area contributed by atoms with Gasteiger partial charge >= 0.3 is 0 Å². The maximum atomic E-state index is 6.51. The maximum Gasteiger partial charge on any atom is 0.0701 e. The smallest absolute Gasteiger partial charge is 0.0701 e. The van der Waals surface area contributed by atoms with E-state index in [1.54, 1.807) is 11.3 Å². The van der Waals surface area contributed by atoms with Crippen LogP contribution in [0.25, 0.3) is 0 Å². The summed E-state index contributed by atoms with van der Waals surface area (Å²) in [6, 6.07) is 0.367. The van der Waals surface area contributed by atoms with Gasteiger partial charge in [-0.05, 0) is 68.0 Å². The highest BCUT2D eigenvalue weighted by Gasteiger charge is 2.41. The van der Waals surface area contributed by atoms with Crippen LogP contribution in [0.3, 0.4) is 0 Å². The van der Waals surface area contributed by atoms with Gasteiger partial charge in [-0.1, -0.05) is 11.6 Å². The van der Waals surface area contributed by atoms with Gasteiger partial charge in [-0.15, -0.1) is 11.3 Å². The molecule has 118 valence electrons. The Labute approximate surface area is 141 Å². The minimum Gasteiger partial charge on any atom is -0.375 e. The fraction of sp³-hybridized carbons (Fsp3) is 0.750. The van der Waals surface area contributed by atoms with Gasteiger partial charge < -0.3 is 10.1 Å². The van der Waals surface area contributed by atoms with Gasteiger partial charge in [0.25, 0.3) is 0 Å². The Bertz CT molecular complexity index is 479. The number of thioether (sulfide) groups is 1. The zero-order chi connectivity index (χ0) is 14.9. The number of halogens is 1. The first kappa shape index (κ1) is 16.1. The van der Waals surface area contributed by atoms with Crippen molar-refractivity contribution >= 4 is 34.7 Å². The standard InChI is InChI=1S/C16H24ClNOS2/c1-11-10-21-15(13(11)17)14(18-2)12-3-6-19-16(9-12)4-7-20-8-5-16/h10,12,14,18H,3-9H2,1-2H3. The lowest BCUT2D eigenvalue weighted by Gasteiger charge is -2.45. The molecule has 2 aliphatic rings. The minimum atomic E-state index is 0.141. The summed E-state index contributed by atoms with van der Waals surface area (Å²) in [7, 11) is 2.06. The Hall–Kier alpha value is 0.260. The first-order chi connectivity index (χ1) is 10.2. The minimum absolute atomic E-state index is 0.141. The Kier molecular flexibility index (Phi) is 5.22. The fourth-order valence-corrected chi connectivity index (χ4v) is 6.43. The molecule has 2 fully saturated rings. The van der Waals surface area contributed by atoms with Crippen molar-refractivity contribution in [1.29, 1.82) is 0 Å². The second kappa shape index (κ2) is 6.79. The molecular weight excluding hydrogens is 322 g/mol. The number of aryl methyl sites for hydroxylation is 1. The molecule has 1 spiro atoms. The van der Waals surface area contributed by atoms with Crippen LogP contribution in [0.4, 0.5) is 0 Å². The van der Waals surface area contributed by atoms with Gasteiger partial charge in [0, 0.05) is 17.5 Å². The summed E-state index contributed by atoms with van der Waals surface area (Å²) in [5.74, 6) is 3.12. The van der Waals surface area contributed by atoms with Crippen molar-refractivity contribution in [2.45, 2.75) is 44.2 Å². The van der Waals surface area contributed by atoms with E-state index in [4.69, 9.17) is 16.3 Å². The van der Waals surface area contributed by atoms with Crippen molar-refractivity contribution in [3.8, 4) is 0 Å². The highest BCUT2D eigenvalue weighted by Crippen LogP contribution is 2.45. The first-order valence-electron chi connectivity index (χ1n) is 7.78. The summed E-state index contributed by atoms with van der Waals surface area (Å²) in [6.45, 7) is 2.99. The first-order valence-corrected chi connectivity index (χ1v) is 10.2. The second-order valence-corrected chi connectivity index (χ2v) is 8.77. The molecule has 5 heteroatoms. The molecule has 21 heavy (non-hydrogen) atoms. The van der Waals surface area contributed by atoms with Crippen molar-refractivity contribution in [2.75, 3.05) is 25.2 Å².